The van der Waals surface area contributed by atoms with Crippen molar-refractivity contribution in [3.8, 4) is 6.07 Å². The van der Waals surface area contributed by atoms with Crippen molar-refractivity contribution >= 4 is 21.6 Å². The van der Waals surface area contributed by atoms with Gasteiger partial charge in [-0.05, 0) is 18.6 Å². The molecule has 0 bridgehead atoms. The van der Waals surface area contributed by atoms with Crippen molar-refractivity contribution in [2.24, 2.45) is 0 Å². The molecule has 0 fully saturated rings. The maximum Gasteiger partial charge on any atom is 0.242 e. The molecule has 86 valence electrons. The maximum absolute atomic E-state index is 11.6. The molecule has 1 aromatic heterocycles. The molecule has 0 radical (unpaired) electrons. The van der Waals surface area contributed by atoms with Crippen molar-refractivity contribution in [3.63, 3.8) is 0 Å². The highest BCUT2D eigenvalue weighted by atomic mass is 35.5. The molecule has 0 spiro atoms. The molecule has 1 heterocycles. The third-order valence-electron chi connectivity index (χ3n) is 1.76. The number of halogens is 1. The van der Waals surface area contributed by atoms with Crippen molar-refractivity contribution in [1.29, 1.82) is 5.26 Å². The molecule has 0 saturated carbocycles. The van der Waals surface area contributed by atoms with Gasteiger partial charge in [-0.15, -0.1) is 11.6 Å². The van der Waals surface area contributed by atoms with Crippen LogP contribution in [0.4, 0.5) is 0 Å². The van der Waals surface area contributed by atoms with Gasteiger partial charge < -0.3 is 0 Å². The lowest BCUT2D eigenvalue weighted by Crippen LogP contribution is -2.25. The summed E-state index contributed by atoms with van der Waals surface area (Å²) in [4.78, 5) is 3.73. The van der Waals surface area contributed by atoms with Crippen molar-refractivity contribution in [2.45, 2.75) is 11.3 Å². The Balaban J connectivity index is 2.79. The molecule has 0 aromatic carbocycles. The smallest absolute Gasteiger partial charge is 0.242 e. The van der Waals surface area contributed by atoms with Crippen LogP contribution in [-0.2, 0) is 10.0 Å². The summed E-state index contributed by atoms with van der Waals surface area (Å²) in [7, 11) is -3.54. The van der Waals surface area contributed by atoms with Gasteiger partial charge in [0.1, 0.15) is 16.7 Å². The third-order valence-corrected chi connectivity index (χ3v) is 3.48. The molecule has 0 aliphatic carbocycles. The number of nitriles is 1. The first-order valence-corrected chi connectivity index (χ1v) is 6.53. The summed E-state index contributed by atoms with van der Waals surface area (Å²) in [6.07, 6.45) is 1.71. The fraction of sp³-hybridized carbons (Fsp3) is 0.333. The number of pyridine rings is 1. The zero-order valence-electron chi connectivity index (χ0n) is 8.35. The highest BCUT2D eigenvalue weighted by molar-refractivity contribution is 7.89. The fourth-order valence-electron chi connectivity index (χ4n) is 0.962. The van der Waals surface area contributed by atoms with Crippen LogP contribution < -0.4 is 4.72 Å². The van der Waals surface area contributed by atoms with Crippen LogP contribution in [0.1, 0.15) is 12.1 Å². The Morgan fingerprint density at radius 1 is 1.50 bits per heavy atom. The number of hydrogen-bond acceptors (Lipinski definition) is 4. The van der Waals surface area contributed by atoms with Gasteiger partial charge in [-0.3, -0.25) is 0 Å². The number of nitrogens with one attached hydrogen (secondary N) is 1. The van der Waals surface area contributed by atoms with Crippen molar-refractivity contribution in [1.82, 2.24) is 9.71 Å². The predicted molar refractivity (Wildman–Crippen MR) is 59.5 cm³/mol. The number of sulfonamides is 1. The molecule has 0 aliphatic heterocycles. The first-order chi connectivity index (χ1) is 7.60. The van der Waals surface area contributed by atoms with Gasteiger partial charge in [-0.1, -0.05) is 0 Å². The van der Waals surface area contributed by atoms with Gasteiger partial charge in [0.25, 0.3) is 0 Å². The minimum atomic E-state index is -3.54. The summed E-state index contributed by atoms with van der Waals surface area (Å²) in [5, 5.41) is 8.51. The van der Waals surface area contributed by atoms with Crippen LogP contribution in [0, 0.1) is 11.3 Å². The lowest BCUT2D eigenvalue weighted by molar-refractivity contribution is 0.580. The molecule has 0 saturated heterocycles. The van der Waals surface area contributed by atoms with Crippen LogP contribution in [-0.4, -0.2) is 25.8 Å². The van der Waals surface area contributed by atoms with Crippen LogP contribution in [0.25, 0.3) is 0 Å². The Bertz CT molecular complexity index is 478. The molecule has 0 atom stereocenters. The van der Waals surface area contributed by atoms with Gasteiger partial charge in [0, 0.05) is 18.6 Å². The SMILES string of the molecule is N#Cc1ccc(S(=O)(=O)NCCCCl)cn1. The van der Waals surface area contributed by atoms with Crippen LogP contribution in [0.2, 0.25) is 0 Å². The van der Waals surface area contributed by atoms with Gasteiger partial charge >= 0.3 is 0 Å². The van der Waals surface area contributed by atoms with Gasteiger partial charge in [-0.2, -0.15) is 5.26 Å². The standard InChI is InChI=1S/C9H10ClN3O2S/c10-4-1-5-13-16(14,15)9-3-2-8(6-11)12-7-9/h2-3,7,13H,1,4-5H2. The van der Waals surface area contributed by atoms with E-state index < -0.39 is 10.0 Å². The van der Waals surface area contributed by atoms with E-state index in [1.807, 2.05) is 6.07 Å². The Labute approximate surface area is 99.1 Å². The summed E-state index contributed by atoms with van der Waals surface area (Å²) in [6, 6.07) is 4.51. The highest BCUT2D eigenvalue weighted by Gasteiger charge is 2.13. The summed E-state index contributed by atoms with van der Waals surface area (Å²) < 4.78 is 25.6. The van der Waals surface area contributed by atoms with Crippen LogP contribution in [0.3, 0.4) is 0 Å². The molecule has 1 rings (SSSR count). The van der Waals surface area contributed by atoms with Gasteiger partial charge in [0.05, 0.1) is 0 Å². The molecule has 16 heavy (non-hydrogen) atoms. The second-order valence-corrected chi connectivity index (χ2v) is 5.08. The topological polar surface area (TPSA) is 82.8 Å². The van der Waals surface area contributed by atoms with E-state index in [0.29, 0.717) is 12.3 Å². The van der Waals surface area contributed by atoms with Gasteiger partial charge in [0.15, 0.2) is 0 Å². The molecular weight excluding hydrogens is 250 g/mol. The van der Waals surface area contributed by atoms with Gasteiger partial charge in [0.2, 0.25) is 10.0 Å². The van der Waals surface area contributed by atoms with Crippen LogP contribution in [0.15, 0.2) is 23.2 Å². The van der Waals surface area contributed by atoms with E-state index in [2.05, 4.69) is 9.71 Å². The first-order valence-electron chi connectivity index (χ1n) is 4.52. The lowest BCUT2D eigenvalue weighted by atomic mass is 10.4. The van der Waals surface area contributed by atoms with E-state index in [4.69, 9.17) is 16.9 Å². The first kappa shape index (κ1) is 12.9. The van der Waals surface area contributed by atoms with E-state index in [1.165, 1.54) is 12.1 Å². The fourth-order valence-corrected chi connectivity index (χ4v) is 2.11. The van der Waals surface area contributed by atoms with E-state index in [9.17, 15) is 8.42 Å². The average molecular weight is 260 g/mol. The lowest BCUT2D eigenvalue weighted by Gasteiger charge is -2.04. The Hall–Kier alpha value is -1.16. The molecule has 0 aliphatic rings. The summed E-state index contributed by atoms with van der Waals surface area (Å²) in [6.45, 7) is 0.284. The molecule has 0 amide bonds. The normalized spacial score (nSPS) is 11.0. The minimum absolute atomic E-state index is 0.0427. The maximum atomic E-state index is 11.6. The van der Waals surface area contributed by atoms with E-state index in [0.717, 1.165) is 6.20 Å². The zero-order valence-corrected chi connectivity index (χ0v) is 9.92. The largest absolute Gasteiger partial charge is 0.244 e. The monoisotopic (exact) mass is 259 g/mol. The number of nitrogens with zero attached hydrogens (tertiary/aromatic N) is 2. The van der Waals surface area contributed by atoms with Crippen LogP contribution in [0.5, 0.6) is 0 Å². The van der Waals surface area contributed by atoms with Crippen molar-refractivity contribution < 1.29 is 8.42 Å². The molecule has 0 unspecified atom stereocenters. The van der Waals surface area contributed by atoms with Crippen molar-refractivity contribution in [2.75, 3.05) is 12.4 Å². The quantitative estimate of drug-likeness (QED) is 0.628. The Morgan fingerprint density at radius 3 is 2.75 bits per heavy atom. The van der Waals surface area contributed by atoms with Crippen molar-refractivity contribution in [3.05, 3.63) is 24.0 Å². The molecular formula is C9H10ClN3O2S. The molecule has 7 heteroatoms. The molecule has 1 N–H and O–H groups in total. The van der Waals surface area contributed by atoms with E-state index >= 15 is 0 Å². The average Bonchev–Trinajstić information content (AvgIpc) is 2.29. The van der Waals surface area contributed by atoms with E-state index in [-0.39, 0.29) is 17.1 Å². The number of aromatic nitrogens is 1. The molecule has 5 nitrogen and oxygen atoms in total. The Morgan fingerprint density at radius 2 is 2.25 bits per heavy atom. The predicted octanol–water partition coefficient (Wildman–Crippen LogP) is 0.860. The molecule has 1 aromatic rings. The summed E-state index contributed by atoms with van der Waals surface area (Å²) >= 11 is 5.43. The summed E-state index contributed by atoms with van der Waals surface area (Å²) in [5.74, 6) is 0.397. The third kappa shape index (κ3) is 3.45. The summed E-state index contributed by atoms with van der Waals surface area (Å²) in [5.41, 5.74) is 0.180. The number of alkyl halides is 1. The minimum Gasteiger partial charge on any atom is -0.244 e. The highest BCUT2D eigenvalue weighted by Crippen LogP contribution is 2.07. The number of rotatable bonds is 5. The Kier molecular flexibility index (Phi) is 4.68. The second kappa shape index (κ2) is 5.80. The van der Waals surface area contributed by atoms with Gasteiger partial charge in [-0.25, -0.2) is 18.1 Å². The van der Waals surface area contributed by atoms with E-state index in [1.54, 1.807) is 0 Å². The second-order valence-electron chi connectivity index (χ2n) is 2.93. The zero-order chi connectivity index (χ0) is 12.0. The van der Waals surface area contributed by atoms with Crippen LogP contribution >= 0.6 is 11.6 Å². The number of hydrogen-bond donors (Lipinski definition) is 1.